The molecule has 19 heavy (non-hydrogen) atoms. The number of rotatable bonds is 4. The van der Waals surface area contributed by atoms with Crippen LogP contribution in [0.1, 0.15) is 20.8 Å². The number of hydrazone groups is 1. The number of aliphatic imine (C=N–C) groups is 2. The Bertz CT molecular complexity index is 503. The van der Waals surface area contributed by atoms with Gasteiger partial charge in [0.2, 0.25) is 0 Å². The van der Waals surface area contributed by atoms with E-state index in [0.29, 0.717) is 17.2 Å². The van der Waals surface area contributed by atoms with E-state index in [9.17, 15) is 4.79 Å². The molecule has 1 aliphatic heterocycles. The zero-order valence-electron chi connectivity index (χ0n) is 11.5. The third-order valence-electron chi connectivity index (χ3n) is 2.49. The molecule has 0 radical (unpaired) electrons. The second kappa shape index (κ2) is 6.99. The van der Waals surface area contributed by atoms with Gasteiger partial charge in [0.15, 0.2) is 6.29 Å². The van der Waals surface area contributed by atoms with E-state index in [1.54, 1.807) is 25.1 Å². The molecule has 0 aliphatic carbocycles. The van der Waals surface area contributed by atoms with Crippen molar-refractivity contribution in [3.63, 3.8) is 0 Å². The normalized spacial score (nSPS) is 21.5. The van der Waals surface area contributed by atoms with Gasteiger partial charge < -0.3 is 0 Å². The first kappa shape index (κ1) is 15.3. The number of hydrogen-bond acceptors (Lipinski definition) is 5. The predicted octanol–water partition coefficient (Wildman–Crippen LogP) is 2.39. The monoisotopic (exact) mass is 280 g/mol. The summed E-state index contributed by atoms with van der Waals surface area (Å²) in [4.78, 5) is 19.2. The molecular weight excluding hydrogens is 264 g/mol. The molecule has 1 rings (SSSR count). The summed E-state index contributed by atoms with van der Waals surface area (Å²) in [5.74, 6) is 0. The Balaban J connectivity index is 2.91. The third-order valence-corrected chi connectivity index (χ3v) is 2.71. The van der Waals surface area contributed by atoms with Crippen molar-refractivity contribution in [2.75, 3.05) is 7.05 Å². The molecule has 0 N–H and O–H groups in total. The van der Waals surface area contributed by atoms with E-state index in [2.05, 4.69) is 15.1 Å². The molecule has 1 heterocycles. The van der Waals surface area contributed by atoms with E-state index in [0.717, 1.165) is 11.4 Å². The summed E-state index contributed by atoms with van der Waals surface area (Å²) in [6, 6.07) is 0. The van der Waals surface area contributed by atoms with Crippen molar-refractivity contribution < 1.29 is 4.79 Å². The van der Waals surface area contributed by atoms with Crippen LogP contribution in [0, 0.1) is 0 Å². The summed E-state index contributed by atoms with van der Waals surface area (Å²) in [5, 5.41) is 6.15. The summed E-state index contributed by atoms with van der Waals surface area (Å²) in [5.41, 5.74) is 1.87. The van der Waals surface area contributed by atoms with Gasteiger partial charge in [0.1, 0.15) is 11.3 Å². The molecule has 0 saturated carbocycles. The standard InChI is InChI=1S/C13H17ClN4O/c1-5-11-12(6-7-13(14)16-11)15-10(3)18(4)17-9(2)8-19/h5-8,10H,1-4H3/b11-5+,15-12?,17-9+. The van der Waals surface area contributed by atoms with Gasteiger partial charge in [-0.1, -0.05) is 17.7 Å². The van der Waals surface area contributed by atoms with Gasteiger partial charge in [-0.25, -0.2) is 4.99 Å². The maximum absolute atomic E-state index is 10.5. The summed E-state index contributed by atoms with van der Waals surface area (Å²) < 4.78 is 0. The van der Waals surface area contributed by atoms with Crippen molar-refractivity contribution in [3.05, 3.63) is 23.9 Å². The second-order valence-corrected chi connectivity index (χ2v) is 4.41. The molecule has 0 saturated heterocycles. The Kier molecular flexibility index (Phi) is 5.63. The van der Waals surface area contributed by atoms with E-state index >= 15 is 0 Å². The van der Waals surface area contributed by atoms with Crippen molar-refractivity contribution in [1.82, 2.24) is 5.01 Å². The fraction of sp³-hybridized carbons (Fsp3) is 0.385. The fourth-order valence-electron chi connectivity index (χ4n) is 1.41. The van der Waals surface area contributed by atoms with Gasteiger partial charge in [0.05, 0.1) is 17.1 Å². The zero-order chi connectivity index (χ0) is 14.4. The molecular formula is C13H17ClN4O. The average Bonchev–Trinajstić information content (AvgIpc) is 2.40. The molecule has 1 atom stereocenters. The molecule has 0 amide bonds. The predicted molar refractivity (Wildman–Crippen MR) is 80.0 cm³/mol. The minimum atomic E-state index is -0.212. The Morgan fingerprint density at radius 2 is 2.21 bits per heavy atom. The third kappa shape index (κ3) is 4.44. The molecule has 0 aromatic heterocycles. The fourth-order valence-corrected chi connectivity index (χ4v) is 1.56. The maximum Gasteiger partial charge on any atom is 0.165 e. The lowest BCUT2D eigenvalue weighted by molar-refractivity contribution is -0.102. The minimum Gasteiger partial charge on any atom is -0.296 e. The number of halogens is 1. The van der Waals surface area contributed by atoms with Crippen LogP contribution in [0.15, 0.2) is 39.0 Å². The molecule has 0 fully saturated rings. The quantitative estimate of drug-likeness (QED) is 0.451. The first-order chi connectivity index (χ1) is 8.97. The van der Waals surface area contributed by atoms with Crippen LogP contribution in [-0.2, 0) is 4.79 Å². The Hall–Kier alpha value is -1.75. The van der Waals surface area contributed by atoms with Crippen LogP contribution in [0.25, 0.3) is 0 Å². The van der Waals surface area contributed by atoms with Crippen molar-refractivity contribution in [1.29, 1.82) is 0 Å². The number of allylic oxidation sites excluding steroid dienone is 3. The summed E-state index contributed by atoms with van der Waals surface area (Å²) in [6.45, 7) is 5.40. The smallest absolute Gasteiger partial charge is 0.165 e. The van der Waals surface area contributed by atoms with Crippen molar-refractivity contribution >= 4 is 34.5 Å². The van der Waals surface area contributed by atoms with Gasteiger partial charge in [-0.3, -0.25) is 14.8 Å². The highest BCUT2D eigenvalue weighted by Gasteiger charge is 2.12. The molecule has 0 aromatic carbocycles. The average molecular weight is 281 g/mol. The summed E-state index contributed by atoms with van der Waals surface area (Å²) >= 11 is 5.84. The largest absolute Gasteiger partial charge is 0.296 e. The molecule has 1 aliphatic rings. The van der Waals surface area contributed by atoms with Crippen molar-refractivity contribution in [2.45, 2.75) is 26.9 Å². The molecule has 0 aromatic rings. The van der Waals surface area contributed by atoms with Crippen LogP contribution in [0.3, 0.4) is 0 Å². The number of dihydropyridines is 1. The highest BCUT2D eigenvalue weighted by molar-refractivity contribution is 6.69. The SMILES string of the molecule is C/C=C1/N=C(Cl)C=CC1=NC(C)N(C)/N=C(\C)C=O. The van der Waals surface area contributed by atoms with Crippen LogP contribution in [-0.4, -0.2) is 41.1 Å². The van der Waals surface area contributed by atoms with E-state index in [-0.39, 0.29) is 6.17 Å². The first-order valence-corrected chi connectivity index (χ1v) is 6.25. The van der Waals surface area contributed by atoms with Gasteiger partial charge in [-0.05, 0) is 32.9 Å². The Labute approximate surface area is 118 Å². The van der Waals surface area contributed by atoms with E-state index in [1.807, 2.05) is 26.0 Å². The van der Waals surface area contributed by atoms with Gasteiger partial charge in [-0.2, -0.15) is 5.10 Å². The Morgan fingerprint density at radius 1 is 1.53 bits per heavy atom. The lowest BCUT2D eigenvalue weighted by Gasteiger charge is -2.20. The molecule has 1 unspecified atom stereocenters. The molecule has 6 heteroatoms. The molecule has 5 nitrogen and oxygen atoms in total. The molecule has 0 spiro atoms. The summed E-state index contributed by atoms with van der Waals surface area (Å²) in [6.07, 6.45) is 5.85. The van der Waals surface area contributed by atoms with E-state index in [4.69, 9.17) is 11.6 Å². The minimum absolute atomic E-state index is 0.212. The number of carbonyl (C=O) groups excluding carboxylic acids is 1. The Morgan fingerprint density at radius 3 is 2.79 bits per heavy atom. The van der Waals surface area contributed by atoms with Gasteiger partial charge in [-0.15, -0.1) is 0 Å². The van der Waals surface area contributed by atoms with Crippen molar-refractivity contribution in [2.24, 2.45) is 15.1 Å². The van der Waals surface area contributed by atoms with Gasteiger partial charge in [0, 0.05) is 7.05 Å². The van der Waals surface area contributed by atoms with E-state index in [1.165, 1.54) is 0 Å². The zero-order valence-corrected chi connectivity index (χ0v) is 12.2. The van der Waals surface area contributed by atoms with E-state index < -0.39 is 0 Å². The maximum atomic E-state index is 10.5. The number of nitrogens with zero attached hydrogens (tertiary/aromatic N) is 4. The number of hydrogen-bond donors (Lipinski definition) is 0. The number of carbonyl (C=O) groups is 1. The molecule has 0 bridgehead atoms. The highest BCUT2D eigenvalue weighted by atomic mass is 35.5. The van der Waals surface area contributed by atoms with Crippen LogP contribution < -0.4 is 0 Å². The van der Waals surface area contributed by atoms with Gasteiger partial charge in [0.25, 0.3) is 0 Å². The lowest BCUT2D eigenvalue weighted by atomic mass is 10.2. The highest BCUT2D eigenvalue weighted by Crippen LogP contribution is 2.13. The van der Waals surface area contributed by atoms with Crippen LogP contribution >= 0.6 is 11.6 Å². The second-order valence-electron chi connectivity index (χ2n) is 4.02. The van der Waals surface area contributed by atoms with Crippen LogP contribution in [0.2, 0.25) is 0 Å². The van der Waals surface area contributed by atoms with Crippen LogP contribution in [0.5, 0.6) is 0 Å². The first-order valence-electron chi connectivity index (χ1n) is 5.88. The van der Waals surface area contributed by atoms with Crippen LogP contribution in [0.4, 0.5) is 0 Å². The van der Waals surface area contributed by atoms with Gasteiger partial charge >= 0.3 is 0 Å². The topological polar surface area (TPSA) is 57.4 Å². The number of aldehydes is 1. The molecule has 102 valence electrons. The van der Waals surface area contributed by atoms with Crippen molar-refractivity contribution in [3.8, 4) is 0 Å². The summed E-state index contributed by atoms with van der Waals surface area (Å²) in [7, 11) is 1.76. The lowest BCUT2D eigenvalue weighted by Crippen LogP contribution is -2.25.